The molecule has 0 fully saturated rings. The largest absolute Gasteiger partial charge is 0.461 e. The number of anilines is 1. The molecule has 0 aliphatic rings. The Hall–Kier alpha value is -2.70. The molecule has 3 aromatic rings. The van der Waals surface area contributed by atoms with Crippen molar-refractivity contribution in [2.75, 3.05) is 5.32 Å². The first-order chi connectivity index (χ1) is 11.4. The smallest absolute Gasteiger partial charge is 0.230 e. The number of furan rings is 1. The van der Waals surface area contributed by atoms with Gasteiger partial charge in [-0.3, -0.25) is 9.89 Å². The highest BCUT2D eigenvalue weighted by Gasteiger charge is 2.18. The topological polar surface area (TPSA) is 70.9 Å². The van der Waals surface area contributed by atoms with Crippen LogP contribution in [-0.4, -0.2) is 16.1 Å². The third-order valence-corrected chi connectivity index (χ3v) is 3.95. The van der Waals surface area contributed by atoms with E-state index in [0.717, 1.165) is 17.3 Å². The fourth-order valence-corrected chi connectivity index (χ4v) is 2.67. The van der Waals surface area contributed by atoms with Gasteiger partial charge < -0.3 is 9.73 Å². The van der Waals surface area contributed by atoms with Crippen LogP contribution in [0, 0.1) is 18.6 Å². The van der Waals surface area contributed by atoms with Gasteiger partial charge in [0.15, 0.2) is 17.2 Å². The summed E-state index contributed by atoms with van der Waals surface area (Å²) in [5.41, 5.74) is 2.13. The minimum Gasteiger partial charge on any atom is -0.461 e. The van der Waals surface area contributed by atoms with E-state index < -0.39 is 11.6 Å². The van der Waals surface area contributed by atoms with Crippen LogP contribution in [0.5, 0.6) is 0 Å². The highest BCUT2D eigenvalue weighted by atomic mass is 19.2. The second-order valence-corrected chi connectivity index (χ2v) is 5.99. The van der Waals surface area contributed by atoms with E-state index in [0.29, 0.717) is 16.8 Å². The summed E-state index contributed by atoms with van der Waals surface area (Å²) in [5, 5.41) is 10.1. The molecule has 0 aliphatic heterocycles. The Kier molecular flexibility index (Phi) is 4.09. The van der Waals surface area contributed by atoms with Crippen LogP contribution in [0.2, 0.25) is 0 Å². The lowest BCUT2D eigenvalue weighted by Gasteiger charge is -2.04. The highest BCUT2D eigenvalue weighted by molar-refractivity contribution is 5.95. The average molecular weight is 333 g/mol. The Labute approximate surface area is 137 Å². The monoisotopic (exact) mass is 333 g/mol. The molecule has 2 N–H and O–H groups in total. The van der Waals surface area contributed by atoms with Gasteiger partial charge in [-0.2, -0.15) is 9.49 Å². The molecule has 0 radical (unpaired) electrons. The number of hydrogen-bond donors (Lipinski definition) is 2. The van der Waals surface area contributed by atoms with Gasteiger partial charge in [-0.15, -0.1) is 0 Å². The molecule has 0 unspecified atom stereocenters. The van der Waals surface area contributed by atoms with Crippen molar-refractivity contribution in [3.05, 3.63) is 46.9 Å². The molecule has 1 amide bonds. The van der Waals surface area contributed by atoms with Gasteiger partial charge in [-0.1, -0.05) is 13.8 Å². The van der Waals surface area contributed by atoms with Gasteiger partial charge in [0.05, 0.1) is 12.7 Å². The number of aromatic amines is 1. The molecule has 5 nitrogen and oxygen atoms in total. The van der Waals surface area contributed by atoms with Crippen LogP contribution in [0.3, 0.4) is 0 Å². The summed E-state index contributed by atoms with van der Waals surface area (Å²) in [4.78, 5) is 12.2. The standard InChI is InChI=1S/C17H17F2N3O2/c1-8(2)15-9(3)17(22-21-15)20-13(23)6-10-7-24-16-11(10)4-5-12(18)14(16)19/h4-5,7-8H,6H2,1-3H3,(H2,20,21,22,23). The lowest BCUT2D eigenvalue weighted by atomic mass is 10.1. The van der Waals surface area contributed by atoms with E-state index in [2.05, 4.69) is 15.5 Å². The number of rotatable bonds is 4. The quantitative estimate of drug-likeness (QED) is 0.757. The maximum atomic E-state index is 13.6. The number of aromatic nitrogens is 2. The number of nitrogens with zero attached hydrogens (tertiary/aromatic N) is 1. The lowest BCUT2D eigenvalue weighted by Crippen LogP contribution is -2.15. The molecule has 0 aliphatic carbocycles. The van der Waals surface area contributed by atoms with Gasteiger partial charge in [0, 0.05) is 22.2 Å². The first-order valence-corrected chi connectivity index (χ1v) is 7.57. The zero-order valence-electron chi connectivity index (χ0n) is 13.5. The number of carbonyl (C=O) groups is 1. The molecule has 3 rings (SSSR count). The number of fused-ring (bicyclic) bond motifs is 1. The van der Waals surface area contributed by atoms with Gasteiger partial charge in [0.2, 0.25) is 11.7 Å². The minimum absolute atomic E-state index is 0.0264. The Morgan fingerprint density at radius 1 is 1.38 bits per heavy atom. The van der Waals surface area contributed by atoms with Crippen molar-refractivity contribution >= 4 is 22.7 Å². The van der Waals surface area contributed by atoms with Crippen LogP contribution in [0.25, 0.3) is 11.0 Å². The average Bonchev–Trinajstić information content (AvgIpc) is 3.08. The highest BCUT2D eigenvalue weighted by Crippen LogP contribution is 2.26. The zero-order valence-corrected chi connectivity index (χ0v) is 13.5. The predicted molar refractivity (Wildman–Crippen MR) is 85.9 cm³/mol. The first kappa shape index (κ1) is 16.2. The number of H-pyrrole nitrogens is 1. The molecule has 0 saturated heterocycles. The lowest BCUT2D eigenvalue weighted by molar-refractivity contribution is -0.115. The second-order valence-electron chi connectivity index (χ2n) is 5.99. The molecule has 1 aromatic carbocycles. The number of amides is 1. The molecule has 24 heavy (non-hydrogen) atoms. The summed E-state index contributed by atoms with van der Waals surface area (Å²) in [6, 6.07) is 2.41. The van der Waals surface area contributed by atoms with Crippen LogP contribution in [-0.2, 0) is 11.2 Å². The van der Waals surface area contributed by atoms with Crippen molar-refractivity contribution < 1.29 is 18.0 Å². The van der Waals surface area contributed by atoms with Crippen LogP contribution < -0.4 is 5.32 Å². The summed E-state index contributed by atoms with van der Waals surface area (Å²) in [5.74, 6) is -1.62. The number of halogens is 2. The molecule has 0 atom stereocenters. The Morgan fingerprint density at radius 3 is 2.79 bits per heavy atom. The summed E-state index contributed by atoms with van der Waals surface area (Å²) in [7, 11) is 0. The van der Waals surface area contributed by atoms with Crippen molar-refractivity contribution in [1.82, 2.24) is 10.2 Å². The molecular weight excluding hydrogens is 316 g/mol. The van der Waals surface area contributed by atoms with Crippen LogP contribution in [0.15, 0.2) is 22.8 Å². The van der Waals surface area contributed by atoms with E-state index in [1.54, 1.807) is 0 Å². The Balaban J connectivity index is 1.80. The van der Waals surface area contributed by atoms with Crippen LogP contribution >= 0.6 is 0 Å². The predicted octanol–water partition coefficient (Wildman–Crippen LogP) is 4.05. The molecule has 0 bridgehead atoms. The number of carbonyl (C=O) groups excluding carboxylic acids is 1. The number of nitrogens with one attached hydrogen (secondary N) is 2. The van der Waals surface area contributed by atoms with E-state index in [1.807, 2.05) is 20.8 Å². The van der Waals surface area contributed by atoms with Gasteiger partial charge in [-0.25, -0.2) is 4.39 Å². The second kappa shape index (κ2) is 6.07. The van der Waals surface area contributed by atoms with Crippen molar-refractivity contribution in [3.8, 4) is 0 Å². The van der Waals surface area contributed by atoms with Gasteiger partial charge in [-0.05, 0) is 25.0 Å². The summed E-state index contributed by atoms with van der Waals surface area (Å²) < 4.78 is 31.9. The normalized spacial score (nSPS) is 11.4. The molecule has 126 valence electrons. The number of benzene rings is 1. The minimum atomic E-state index is -1.05. The van der Waals surface area contributed by atoms with Crippen LogP contribution in [0.4, 0.5) is 14.6 Å². The maximum Gasteiger partial charge on any atom is 0.230 e. The molecule has 7 heteroatoms. The van der Waals surface area contributed by atoms with Crippen molar-refractivity contribution in [3.63, 3.8) is 0 Å². The van der Waals surface area contributed by atoms with E-state index in [-0.39, 0.29) is 23.8 Å². The fourth-order valence-electron chi connectivity index (χ4n) is 2.67. The molecule has 0 saturated carbocycles. The third kappa shape index (κ3) is 2.77. The van der Waals surface area contributed by atoms with E-state index in [9.17, 15) is 13.6 Å². The molecule has 2 aromatic heterocycles. The van der Waals surface area contributed by atoms with E-state index in [4.69, 9.17) is 4.42 Å². The van der Waals surface area contributed by atoms with Gasteiger partial charge in [0.25, 0.3) is 0 Å². The molecule has 2 heterocycles. The van der Waals surface area contributed by atoms with Crippen molar-refractivity contribution in [2.45, 2.75) is 33.1 Å². The summed E-state index contributed by atoms with van der Waals surface area (Å²) >= 11 is 0. The number of hydrogen-bond acceptors (Lipinski definition) is 3. The maximum absolute atomic E-state index is 13.6. The van der Waals surface area contributed by atoms with Gasteiger partial charge in [0.1, 0.15) is 0 Å². The summed E-state index contributed by atoms with van der Waals surface area (Å²) in [6.07, 6.45) is 1.24. The van der Waals surface area contributed by atoms with Crippen molar-refractivity contribution in [2.24, 2.45) is 0 Å². The van der Waals surface area contributed by atoms with Crippen molar-refractivity contribution in [1.29, 1.82) is 0 Å². The zero-order chi connectivity index (χ0) is 17.4. The fraction of sp³-hybridized carbons (Fsp3) is 0.294. The Bertz CT molecular complexity index is 912. The molecular formula is C17H17F2N3O2. The van der Waals surface area contributed by atoms with Gasteiger partial charge >= 0.3 is 0 Å². The summed E-state index contributed by atoms with van der Waals surface area (Å²) in [6.45, 7) is 5.93. The third-order valence-electron chi connectivity index (χ3n) is 3.95. The SMILES string of the molecule is Cc1c(NC(=O)Cc2coc3c(F)c(F)ccc23)n[nH]c1C(C)C. The first-order valence-electron chi connectivity index (χ1n) is 7.57. The molecule has 0 spiro atoms. The van der Waals surface area contributed by atoms with Crippen LogP contribution in [0.1, 0.15) is 36.6 Å². The van der Waals surface area contributed by atoms with E-state index >= 15 is 0 Å². The van der Waals surface area contributed by atoms with E-state index in [1.165, 1.54) is 12.3 Å². The Morgan fingerprint density at radius 2 is 2.12 bits per heavy atom.